The number of imidazole rings is 1. The zero-order valence-electron chi connectivity index (χ0n) is 25.2. The first-order chi connectivity index (χ1) is 19.6. The molecule has 3 atom stereocenters. The van der Waals surface area contributed by atoms with Gasteiger partial charge in [-0.1, -0.05) is 18.2 Å². The minimum atomic E-state index is -0.911. The summed E-state index contributed by atoms with van der Waals surface area (Å²) < 4.78 is 9.59. The molecule has 222 valence electrons. The number of pyridine rings is 1. The van der Waals surface area contributed by atoms with Crippen molar-refractivity contribution in [3.8, 4) is 0 Å². The molecule has 0 amide bonds. The summed E-state index contributed by atoms with van der Waals surface area (Å²) in [5, 5.41) is 13.8. The van der Waals surface area contributed by atoms with E-state index in [0.29, 0.717) is 17.7 Å². The molecule has 9 nitrogen and oxygen atoms in total. The Hall–Kier alpha value is -3.17. The van der Waals surface area contributed by atoms with Gasteiger partial charge in [0.15, 0.2) is 0 Å². The number of likely N-dealkylation sites (N-methyl/N-ethyl adjacent to an activating group) is 1. The van der Waals surface area contributed by atoms with Crippen molar-refractivity contribution in [1.29, 1.82) is 0 Å². The minimum absolute atomic E-state index is 0.0882. The van der Waals surface area contributed by atoms with Crippen molar-refractivity contribution in [2.24, 2.45) is 7.05 Å². The van der Waals surface area contributed by atoms with Gasteiger partial charge in [-0.05, 0) is 96.9 Å². The lowest BCUT2D eigenvalue weighted by molar-refractivity contribution is -0.144. The van der Waals surface area contributed by atoms with Crippen LogP contribution in [0.15, 0.2) is 35.1 Å². The molecule has 1 aliphatic heterocycles. The summed E-state index contributed by atoms with van der Waals surface area (Å²) in [5.41, 5.74) is 3.97. The number of hydrogen-bond acceptors (Lipinski definition) is 6. The summed E-state index contributed by atoms with van der Waals surface area (Å²) in [7, 11) is 3.62. The molecule has 0 bridgehead atoms. The molecule has 0 saturated heterocycles. The molecule has 3 aromatic rings. The lowest BCUT2D eigenvalue weighted by Gasteiger charge is -2.31. The number of rotatable bonds is 10. The van der Waals surface area contributed by atoms with E-state index in [0.717, 1.165) is 68.5 Å². The monoisotopic (exact) mass is 563 g/mol. The Balaban J connectivity index is 1.19. The summed E-state index contributed by atoms with van der Waals surface area (Å²) in [6.07, 6.45) is 7.96. The van der Waals surface area contributed by atoms with Gasteiger partial charge in [-0.3, -0.25) is 18.8 Å². The number of carboxylic acid groups (broad SMARTS) is 1. The van der Waals surface area contributed by atoms with E-state index in [9.17, 15) is 14.7 Å². The van der Waals surface area contributed by atoms with Gasteiger partial charge in [0, 0.05) is 43.0 Å². The van der Waals surface area contributed by atoms with Crippen molar-refractivity contribution >= 4 is 22.8 Å². The molecule has 1 aromatic carbocycles. The van der Waals surface area contributed by atoms with Crippen LogP contribution in [0.5, 0.6) is 0 Å². The standard InChI is InChI=1S/C32H45N5O4/c1-32(2,3)37-26-13-8-12-25(27(26)36(5)31(37)40)28(30(38)39)35(4)23-16-17-24(20-23)41-19-7-6-11-22-15-14-21-10-9-18-33-29(21)34-22/h8,12-15,23-24,28H,6-7,9-11,16-20H2,1-5H3,(H,33,34)(H,38,39)/t23-,24-,28-/m0/s1. The number of para-hydroxylation sites is 1. The maximum absolute atomic E-state index is 13.2. The van der Waals surface area contributed by atoms with Crippen molar-refractivity contribution in [1.82, 2.24) is 19.0 Å². The highest BCUT2D eigenvalue weighted by atomic mass is 16.5. The fourth-order valence-electron chi connectivity index (χ4n) is 6.65. The fourth-order valence-corrected chi connectivity index (χ4v) is 6.65. The van der Waals surface area contributed by atoms with E-state index in [2.05, 4.69) is 17.4 Å². The Morgan fingerprint density at radius 2 is 2.02 bits per heavy atom. The Labute approximate surface area is 242 Å². The third-order valence-electron chi connectivity index (χ3n) is 8.77. The second kappa shape index (κ2) is 12.0. The van der Waals surface area contributed by atoms with Crippen LogP contribution in [0.25, 0.3) is 11.0 Å². The number of carboxylic acids is 1. The number of aromatic nitrogens is 3. The summed E-state index contributed by atoms with van der Waals surface area (Å²) in [5.74, 6) is 0.141. The molecular weight excluding hydrogens is 518 g/mol. The summed E-state index contributed by atoms with van der Waals surface area (Å²) in [4.78, 5) is 32.6. The highest BCUT2D eigenvalue weighted by Gasteiger charge is 2.37. The van der Waals surface area contributed by atoms with E-state index in [-0.39, 0.29) is 17.8 Å². The minimum Gasteiger partial charge on any atom is -0.480 e. The van der Waals surface area contributed by atoms with Crippen molar-refractivity contribution in [3.63, 3.8) is 0 Å². The molecule has 2 aliphatic rings. The lowest BCUT2D eigenvalue weighted by Crippen LogP contribution is -2.38. The molecule has 2 aromatic heterocycles. The number of hydrogen-bond donors (Lipinski definition) is 2. The molecule has 2 N–H and O–H groups in total. The zero-order valence-corrected chi connectivity index (χ0v) is 25.2. The van der Waals surface area contributed by atoms with Crippen LogP contribution in [-0.4, -0.2) is 62.4 Å². The summed E-state index contributed by atoms with van der Waals surface area (Å²) in [6.45, 7) is 7.67. The van der Waals surface area contributed by atoms with Gasteiger partial charge in [0.05, 0.1) is 17.1 Å². The van der Waals surface area contributed by atoms with Gasteiger partial charge in [-0.2, -0.15) is 0 Å². The number of aryl methyl sites for hydroxylation is 3. The van der Waals surface area contributed by atoms with E-state index in [1.165, 1.54) is 12.0 Å². The van der Waals surface area contributed by atoms with Crippen LogP contribution in [0.4, 0.5) is 5.82 Å². The Bertz CT molecular complexity index is 1450. The van der Waals surface area contributed by atoms with E-state index in [4.69, 9.17) is 9.72 Å². The van der Waals surface area contributed by atoms with Gasteiger partial charge in [-0.15, -0.1) is 0 Å². The number of aliphatic carboxylic acids is 1. The van der Waals surface area contributed by atoms with Crippen LogP contribution < -0.4 is 11.0 Å². The summed E-state index contributed by atoms with van der Waals surface area (Å²) >= 11 is 0. The van der Waals surface area contributed by atoms with Gasteiger partial charge < -0.3 is 15.2 Å². The number of fused-ring (bicyclic) bond motifs is 2. The number of nitrogens with one attached hydrogen (secondary N) is 1. The quantitative estimate of drug-likeness (QED) is 0.340. The second-order valence-corrected chi connectivity index (χ2v) is 12.7. The van der Waals surface area contributed by atoms with Crippen molar-refractivity contribution in [3.05, 3.63) is 57.6 Å². The number of carbonyl (C=O) groups is 1. The third-order valence-corrected chi connectivity index (χ3v) is 8.77. The average Bonchev–Trinajstić information content (AvgIpc) is 3.51. The van der Waals surface area contributed by atoms with Gasteiger partial charge in [0.1, 0.15) is 11.9 Å². The zero-order chi connectivity index (χ0) is 29.3. The van der Waals surface area contributed by atoms with Crippen molar-refractivity contribution < 1.29 is 14.6 Å². The smallest absolute Gasteiger partial charge is 0.329 e. The Kier molecular flexibility index (Phi) is 8.57. The van der Waals surface area contributed by atoms with Gasteiger partial charge >= 0.3 is 11.7 Å². The maximum Gasteiger partial charge on any atom is 0.329 e. The van der Waals surface area contributed by atoms with Crippen LogP contribution >= 0.6 is 0 Å². The molecule has 3 heterocycles. The molecular formula is C32H45N5O4. The molecule has 0 spiro atoms. The van der Waals surface area contributed by atoms with Gasteiger partial charge in [0.25, 0.3) is 0 Å². The van der Waals surface area contributed by atoms with E-state index >= 15 is 0 Å². The first-order valence-electron chi connectivity index (χ1n) is 15.1. The predicted octanol–water partition coefficient (Wildman–Crippen LogP) is 4.87. The highest BCUT2D eigenvalue weighted by molar-refractivity contribution is 5.87. The molecule has 1 fully saturated rings. The van der Waals surface area contributed by atoms with E-state index in [1.807, 2.05) is 50.9 Å². The molecule has 1 aliphatic carbocycles. The molecule has 5 rings (SSSR count). The largest absolute Gasteiger partial charge is 0.480 e. The number of ether oxygens (including phenoxy) is 1. The van der Waals surface area contributed by atoms with E-state index in [1.54, 1.807) is 16.2 Å². The van der Waals surface area contributed by atoms with Crippen molar-refractivity contribution in [2.45, 2.75) is 95.9 Å². The first-order valence-corrected chi connectivity index (χ1v) is 15.1. The Morgan fingerprint density at radius 1 is 1.22 bits per heavy atom. The number of nitrogens with zero attached hydrogens (tertiary/aromatic N) is 4. The van der Waals surface area contributed by atoms with Crippen LogP contribution in [0, 0.1) is 0 Å². The number of benzene rings is 1. The Morgan fingerprint density at radius 3 is 2.78 bits per heavy atom. The van der Waals surface area contributed by atoms with Crippen LogP contribution in [0.1, 0.15) is 82.2 Å². The van der Waals surface area contributed by atoms with Crippen LogP contribution in [-0.2, 0) is 35.0 Å². The lowest BCUT2D eigenvalue weighted by atomic mass is 10.0. The molecule has 9 heteroatoms. The SMILES string of the molecule is CN([C@H]1CC[C@H](OCCCCc2ccc3c(n2)NCCC3)C1)[C@H](C(=O)O)c1cccc2c1n(C)c(=O)n2C(C)(C)C. The normalized spacial score (nSPS) is 19.9. The van der Waals surface area contributed by atoms with Gasteiger partial charge in [0.2, 0.25) is 0 Å². The van der Waals surface area contributed by atoms with Crippen LogP contribution in [0.2, 0.25) is 0 Å². The van der Waals surface area contributed by atoms with Gasteiger partial charge in [-0.25, -0.2) is 9.78 Å². The predicted molar refractivity (Wildman–Crippen MR) is 162 cm³/mol. The second-order valence-electron chi connectivity index (χ2n) is 12.7. The average molecular weight is 564 g/mol. The molecule has 0 unspecified atom stereocenters. The number of anilines is 1. The third kappa shape index (κ3) is 6.06. The molecule has 41 heavy (non-hydrogen) atoms. The molecule has 0 radical (unpaired) electrons. The molecule has 1 saturated carbocycles. The van der Waals surface area contributed by atoms with Crippen LogP contribution in [0.3, 0.4) is 0 Å². The topological polar surface area (TPSA) is 102 Å². The fraction of sp³-hybridized carbons (Fsp3) is 0.594. The van der Waals surface area contributed by atoms with Crippen molar-refractivity contribution in [2.75, 3.05) is 25.5 Å². The van der Waals surface area contributed by atoms with E-state index < -0.39 is 17.6 Å². The summed E-state index contributed by atoms with van der Waals surface area (Å²) in [6, 6.07) is 9.20. The first kappa shape index (κ1) is 29.3. The highest BCUT2D eigenvalue weighted by Crippen LogP contribution is 2.35. The number of unbranched alkanes of at least 4 members (excludes halogenated alkanes) is 1. The maximum atomic E-state index is 13.2.